The second-order valence-corrected chi connectivity index (χ2v) is 5.48. The first-order chi connectivity index (χ1) is 11.7. The topological polar surface area (TPSA) is 78.9 Å². The molecule has 0 amide bonds. The van der Waals surface area contributed by atoms with E-state index in [-0.39, 0.29) is 6.61 Å². The first-order valence-electron chi connectivity index (χ1n) is 7.51. The van der Waals surface area contributed by atoms with Crippen molar-refractivity contribution in [1.29, 1.82) is 0 Å². The van der Waals surface area contributed by atoms with Crippen LogP contribution in [-0.2, 0) is 13.7 Å². The van der Waals surface area contributed by atoms with Crippen molar-refractivity contribution >= 4 is 11.0 Å². The van der Waals surface area contributed by atoms with E-state index in [9.17, 15) is 0 Å². The fraction of sp³-hybridized carbons (Fsp3) is 0.176. The Labute approximate surface area is 137 Å². The van der Waals surface area contributed by atoms with Gasteiger partial charge in [-0.15, -0.1) is 5.10 Å². The van der Waals surface area contributed by atoms with Gasteiger partial charge in [-0.05, 0) is 36.8 Å². The molecule has 120 valence electrons. The number of hydrogen-bond acceptors (Lipinski definition) is 6. The third-order valence-electron chi connectivity index (χ3n) is 3.78. The minimum absolute atomic E-state index is 0.230. The number of aryl methyl sites for hydroxylation is 2. The summed E-state index contributed by atoms with van der Waals surface area (Å²) in [5.74, 6) is 1.75. The molecule has 7 heteroatoms. The molecule has 0 aliphatic rings. The molecular formula is C17H15N5O2. The smallest absolute Gasteiger partial charge is 0.264 e. The average Bonchev–Trinajstić information content (AvgIpc) is 3.21. The van der Waals surface area contributed by atoms with Gasteiger partial charge >= 0.3 is 0 Å². The van der Waals surface area contributed by atoms with Crippen LogP contribution < -0.4 is 4.74 Å². The van der Waals surface area contributed by atoms with Gasteiger partial charge in [-0.3, -0.25) is 0 Å². The van der Waals surface area contributed by atoms with E-state index in [1.807, 2.05) is 56.4 Å². The van der Waals surface area contributed by atoms with Crippen molar-refractivity contribution in [3.63, 3.8) is 0 Å². The van der Waals surface area contributed by atoms with Gasteiger partial charge in [-0.1, -0.05) is 28.6 Å². The first-order valence-corrected chi connectivity index (χ1v) is 7.51. The van der Waals surface area contributed by atoms with E-state index in [0.717, 1.165) is 27.9 Å². The van der Waals surface area contributed by atoms with Crippen molar-refractivity contribution in [3.8, 4) is 17.1 Å². The minimum Gasteiger partial charge on any atom is -0.483 e. The zero-order valence-electron chi connectivity index (χ0n) is 13.3. The van der Waals surface area contributed by atoms with Gasteiger partial charge in [0.15, 0.2) is 6.61 Å². The van der Waals surface area contributed by atoms with E-state index < -0.39 is 0 Å². The second-order valence-electron chi connectivity index (χ2n) is 5.48. The van der Waals surface area contributed by atoms with Crippen molar-refractivity contribution in [3.05, 3.63) is 53.9 Å². The summed E-state index contributed by atoms with van der Waals surface area (Å²) in [5, 5.41) is 12.1. The maximum absolute atomic E-state index is 5.73. The van der Waals surface area contributed by atoms with Crippen LogP contribution in [0.3, 0.4) is 0 Å². The lowest BCUT2D eigenvalue weighted by Crippen LogP contribution is -1.97. The van der Waals surface area contributed by atoms with E-state index in [0.29, 0.717) is 11.7 Å². The van der Waals surface area contributed by atoms with Gasteiger partial charge < -0.3 is 9.26 Å². The van der Waals surface area contributed by atoms with Crippen LogP contribution in [0.4, 0.5) is 0 Å². The molecule has 4 aromatic rings. The summed E-state index contributed by atoms with van der Waals surface area (Å²) in [6.07, 6.45) is 0. The average molecular weight is 321 g/mol. The van der Waals surface area contributed by atoms with Crippen LogP contribution in [0.2, 0.25) is 0 Å². The van der Waals surface area contributed by atoms with E-state index in [1.165, 1.54) is 0 Å². The maximum atomic E-state index is 5.73. The Morgan fingerprint density at radius 3 is 2.92 bits per heavy atom. The lowest BCUT2D eigenvalue weighted by atomic mass is 10.2. The molecule has 0 spiro atoms. The van der Waals surface area contributed by atoms with Crippen molar-refractivity contribution in [1.82, 2.24) is 25.1 Å². The van der Waals surface area contributed by atoms with Gasteiger partial charge in [-0.2, -0.15) is 4.98 Å². The molecule has 0 saturated carbocycles. The molecule has 2 heterocycles. The predicted octanol–water partition coefficient (Wildman–Crippen LogP) is 2.91. The van der Waals surface area contributed by atoms with E-state index in [1.54, 1.807) is 4.68 Å². The van der Waals surface area contributed by atoms with Gasteiger partial charge in [0, 0.05) is 12.6 Å². The summed E-state index contributed by atoms with van der Waals surface area (Å²) in [7, 11) is 1.84. The molecule has 0 atom stereocenters. The van der Waals surface area contributed by atoms with Gasteiger partial charge in [0.2, 0.25) is 5.82 Å². The van der Waals surface area contributed by atoms with Gasteiger partial charge in [0.1, 0.15) is 11.3 Å². The number of para-hydroxylation sites is 1. The first kappa shape index (κ1) is 14.4. The summed E-state index contributed by atoms with van der Waals surface area (Å²) >= 11 is 0. The fourth-order valence-electron chi connectivity index (χ4n) is 2.46. The molecule has 24 heavy (non-hydrogen) atoms. The molecule has 0 radical (unpaired) electrons. The van der Waals surface area contributed by atoms with Crippen LogP contribution in [0, 0.1) is 6.92 Å². The third kappa shape index (κ3) is 2.60. The Bertz CT molecular complexity index is 1010. The monoisotopic (exact) mass is 321 g/mol. The molecule has 4 rings (SSSR count). The molecule has 0 aliphatic carbocycles. The third-order valence-corrected chi connectivity index (χ3v) is 3.78. The molecule has 0 unspecified atom stereocenters. The number of rotatable bonds is 4. The molecule has 0 aliphatic heterocycles. The number of aromatic nitrogens is 5. The highest BCUT2D eigenvalue weighted by Gasteiger charge is 2.12. The Morgan fingerprint density at radius 1 is 1.17 bits per heavy atom. The number of ether oxygens (including phenoxy) is 1. The molecule has 0 saturated heterocycles. The van der Waals surface area contributed by atoms with Gasteiger partial charge in [0.25, 0.3) is 5.89 Å². The van der Waals surface area contributed by atoms with E-state index in [4.69, 9.17) is 9.26 Å². The highest BCUT2D eigenvalue weighted by molar-refractivity contribution is 5.79. The number of fused-ring (bicyclic) bond motifs is 1. The SMILES string of the molecule is Cc1ccccc1OCc1nc(-c2ccc3nnn(C)c3c2)no1. The summed E-state index contributed by atoms with van der Waals surface area (Å²) in [6.45, 7) is 2.22. The van der Waals surface area contributed by atoms with Crippen molar-refractivity contribution in [2.45, 2.75) is 13.5 Å². The van der Waals surface area contributed by atoms with Crippen LogP contribution >= 0.6 is 0 Å². The molecule has 2 aromatic heterocycles. The van der Waals surface area contributed by atoms with Gasteiger partial charge in [0.05, 0.1) is 5.52 Å². The summed E-state index contributed by atoms with van der Waals surface area (Å²) < 4.78 is 12.7. The second kappa shape index (κ2) is 5.77. The van der Waals surface area contributed by atoms with Crippen LogP contribution in [0.15, 0.2) is 47.0 Å². The van der Waals surface area contributed by atoms with Crippen LogP contribution in [-0.4, -0.2) is 25.1 Å². The minimum atomic E-state index is 0.230. The van der Waals surface area contributed by atoms with Crippen LogP contribution in [0.1, 0.15) is 11.5 Å². The van der Waals surface area contributed by atoms with E-state index in [2.05, 4.69) is 20.5 Å². The highest BCUT2D eigenvalue weighted by atomic mass is 16.5. The lowest BCUT2D eigenvalue weighted by Gasteiger charge is -2.05. The van der Waals surface area contributed by atoms with Crippen LogP contribution in [0.5, 0.6) is 5.75 Å². The Balaban J connectivity index is 1.55. The zero-order valence-corrected chi connectivity index (χ0v) is 13.3. The largest absolute Gasteiger partial charge is 0.483 e. The highest BCUT2D eigenvalue weighted by Crippen LogP contribution is 2.22. The van der Waals surface area contributed by atoms with Gasteiger partial charge in [-0.25, -0.2) is 4.68 Å². The Hall–Kier alpha value is -3.22. The zero-order chi connectivity index (χ0) is 16.5. The normalized spacial score (nSPS) is 11.1. The molecule has 2 aromatic carbocycles. The van der Waals surface area contributed by atoms with Crippen molar-refractivity contribution in [2.75, 3.05) is 0 Å². The molecule has 0 N–H and O–H groups in total. The summed E-state index contributed by atoms with van der Waals surface area (Å²) in [5.41, 5.74) is 3.65. The molecule has 7 nitrogen and oxygen atoms in total. The van der Waals surface area contributed by atoms with Crippen molar-refractivity contribution in [2.24, 2.45) is 7.05 Å². The van der Waals surface area contributed by atoms with Crippen molar-refractivity contribution < 1.29 is 9.26 Å². The van der Waals surface area contributed by atoms with E-state index >= 15 is 0 Å². The summed E-state index contributed by atoms with van der Waals surface area (Å²) in [4.78, 5) is 4.39. The number of nitrogens with zero attached hydrogens (tertiary/aromatic N) is 5. The predicted molar refractivity (Wildman–Crippen MR) is 87.3 cm³/mol. The molecule has 0 bridgehead atoms. The Kier molecular flexibility index (Phi) is 3.45. The standard InChI is InChI=1S/C17H15N5O2/c1-11-5-3-4-6-15(11)23-10-16-18-17(20-24-16)12-7-8-13-14(9-12)22(2)21-19-13/h3-9H,10H2,1-2H3. The number of hydrogen-bond donors (Lipinski definition) is 0. The Morgan fingerprint density at radius 2 is 2.04 bits per heavy atom. The quantitative estimate of drug-likeness (QED) is 0.575. The lowest BCUT2D eigenvalue weighted by molar-refractivity contribution is 0.242. The maximum Gasteiger partial charge on any atom is 0.264 e. The molecular weight excluding hydrogens is 306 g/mol. The van der Waals surface area contributed by atoms with Crippen LogP contribution in [0.25, 0.3) is 22.4 Å². The number of benzene rings is 2. The molecule has 0 fully saturated rings. The fourth-order valence-corrected chi connectivity index (χ4v) is 2.46. The summed E-state index contributed by atoms with van der Waals surface area (Å²) in [6, 6.07) is 13.5.